The molecule has 2 nitrogen and oxygen atoms in total. The Morgan fingerprint density at radius 1 is 1.27 bits per heavy atom. The minimum Gasteiger partial charge on any atom is -0.269 e. The number of hydroxylamine groups is 2. The van der Waals surface area contributed by atoms with Gasteiger partial charge in [0.15, 0.2) is 0 Å². The van der Waals surface area contributed by atoms with E-state index in [1.165, 1.54) is 12.2 Å². The van der Waals surface area contributed by atoms with Crippen LogP contribution in [0.5, 0.6) is 0 Å². The fourth-order valence-corrected chi connectivity index (χ4v) is 1.29. The van der Waals surface area contributed by atoms with E-state index < -0.39 is 0 Å². The Hall–Kier alpha value is -1.61. The molecule has 0 N–H and O–H groups in total. The molecule has 78 valence electrons. The Morgan fingerprint density at radius 2 is 2.07 bits per heavy atom. The molecule has 0 aromatic heterocycles. The molecule has 1 aromatic carbocycles. The van der Waals surface area contributed by atoms with Gasteiger partial charge in [0.2, 0.25) is 0 Å². The third kappa shape index (κ3) is 2.92. The van der Waals surface area contributed by atoms with Crippen molar-refractivity contribution in [3.8, 4) is 0 Å². The maximum absolute atomic E-state index is 12.6. The lowest BCUT2D eigenvalue weighted by atomic mass is 10.2. The first-order valence-electron chi connectivity index (χ1n) is 4.82. The number of benzene rings is 1. The second kappa shape index (κ2) is 4.75. The minimum atomic E-state index is -0.213. The van der Waals surface area contributed by atoms with Gasteiger partial charge < -0.3 is 0 Å². The van der Waals surface area contributed by atoms with Crippen molar-refractivity contribution in [2.24, 2.45) is 0 Å². The smallest absolute Gasteiger partial charge is 0.122 e. The molecule has 0 radical (unpaired) electrons. The second-order valence-corrected chi connectivity index (χ2v) is 3.26. The van der Waals surface area contributed by atoms with Crippen LogP contribution in [0.4, 0.5) is 4.39 Å². The molecule has 0 bridgehead atoms. The number of halogens is 1. The van der Waals surface area contributed by atoms with Crippen LogP contribution in [0.3, 0.4) is 0 Å². The van der Waals surface area contributed by atoms with Gasteiger partial charge in [-0.1, -0.05) is 30.3 Å². The number of allylic oxidation sites excluding steroid dienone is 2. The normalized spacial score (nSPS) is 15.3. The molecule has 1 aromatic rings. The summed E-state index contributed by atoms with van der Waals surface area (Å²) in [5, 5.41) is 1.61. The summed E-state index contributed by atoms with van der Waals surface area (Å²) in [5.41, 5.74) is 1.10. The predicted octanol–water partition coefficient (Wildman–Crippen LogP) is 2.80. The van der Waals surface area contributed by atoms with E-state index in [0.717, 1.165) is 5.56 Å². The first kappa shape index (κ1) is 9.93. The predicted molar refractivity (Wildman–Crippen MR) is 56.3 cm³/mol. The zero-order valence-corrected chi connectivity index (χ0v) is 8.27. The zero-order valence-electron chi connectivity index (χ0n) is 8.27. The Balaban J connectivity index is 1.83. The average Bonchev–Trinajstić information content (AvgIpc) is 2.30. The van der Waals surface area contributed by atoms with E-state index in [4.69, 9.17) is 4.84 Å². The van der Waals surface area contributed by atoms with Crippen LogP contribution >= 0.6 is 0 Å². The standard InChI is InChI=1S/C12H12FNO/c13-12-6-8-14(9-7-12)15-10-11-4-2-1-3-5-11/h1-8H,9-10H2. The van der Waals surface area contributed by atoms with E-state index in [0.29, 0.717) is 13.2 Å². The van der Waals surface area contributed by atoms with Crippen molar-refractivity contribution >= 4 is 0 Å². The summed E-state index contributed by atoms with van der Waals surface area (Å²) >= 11 is 0. The molecule has 0 spiro atoms. The molecule has 2 rings (SSSR count). The van der Waals surface area contributed by atoms with Gasteiger partial charge in [0.1, 0.15) is 5.83 Å². The van der Waals surface area contributed by atoms with E-state index >= 15 is 0 Å². The second-order valence-electron chi connectivity index (χ2n) is 3.26. The van der Waals surface area contributed by atoms with Crippen molar-refractivity contribution in [3.05, 3.63) is 60.1 Å². The quantitative estimate of drug-likeness (QED) is 0.752. The molecule has 0 saturated carbocycles. The number of nitrogens with zero attached hydrogens (tertiary/aromatic N) is 1. The minimum absolute atomic E-state index is 0.213. The molecule has 0 amide bonds. The van der Waals surface area contributed by atoms with Gasteiger partial charge in [0.05, 0.1) is 13.2 Å². The Labute approximate surface area is 88.2 Å². The lowest BCUT2D eigenvalue weighted by molar-refractivity contribution is -0.125. The largest absolute Gasteiger partial charge is 0.269 e. The SMILES string of the molecule is FC1=CCN(OCc2ccccc2)C=C1. The van der Waals surface area contributed by atoms with Crippen molar-refractivity contribution in [2.75, 3.05) is 6.54 Å². The zero-order chi connectivity index (χ0) is 10.5. The fraction of sp³-hybridized carbons (Fsp3) is 0.167. The van der Waals surface area contributed by atoms with Crippen LogP contribution in [0.1, 0.15) is 5.56 Å². The molecule has 0 aliphatic carbocycles. The van der Waals surface area contributed by atoms with E-state index in [-0.39, 0.29) is 5.83 Å². The van der Waals surface area contributed by atoms with Crippen LogP contribution in [0.2, 0.25) is 0 Å². The molecule has 0 saturated heterocycles. The highest BCUT2D eigenvalue weighted by atomic mass is 19.1. The molecular formula is C12H12FNO. The third-order valence-corrected chi connectivity index (χ3v) is 2.11. The highest BCUT2D eigenvalue weighted by Crippen LogP contribution is 2.10. The van der Waals surface area contributed by atoms with Gasteiger partial charge in [-0.25, -0.2) is 4.39 Å². The van der Waals surface area contributed by atoms with E-state index in [9.17, 15) is 4.39 Å². The average molecular weight is 205 g/mol. The van der Waals surface area contributed by atoms with Gasteiger partial charge in [-0.3, -0.25) is 9.90 Å². The van der Waals surface area contributed by atoms with Crippen molar-refractivity contribution in [1.29, 1.82) is 0 Å². The van der Waals surface area contributed by atoms with E-state index in [1.54, 1.807) is 11.3 Å². The number of hydrogen-bond acceptors (Lipinski definition) is 2. The number of hydrogen-bond donors (Lipinski definition) is 0. The number of rotatable bonds is 3. The topological polar surface area (TPSA) is 12.5 Å². The summed E-state index contributed by atoms with van der Waals surface area (Å²) in [6.07, 6.45) is 4.46. The lowest BCUT2D eigenvalue weighted by Crippen LogP contribution is -2.19. The summed E-state index contributed by atoms with van der Waals surface area (Å²) < 4.78 is 12.6. The first-order valence-corrected chi connectivity index (χ1v) is 4.82. The maximum atomic E-state index is 12.6. The highest BCUT2D eigenvalue weighted by Gasteiger charge is 2.04. The van der Waals surface area contributed by atoms with Gasteiger partial charge in [-0.05, 0) is 17.7 Å². The van der Waals surface area contributed by atoms with Crippen molar-refractivity contribution in [2.45, 2.75) is 6.61 Å². The fourth-order valence-electron chi connectivity index (χ4n) is 1.29. The lowest BCUT2D eigenvalue weighted by Gasteiger charge is -2.20. The van der Waals surface area contributed by atoms with Crippen LogP contribution in [-0.2, 0) is 11.4 Å². The molecule has 0 fully saturated rings. The van der Waals surface area contributed by atoms with Crippen molar-refractivity contribution < 1.29 is 9.23 Å². The summed E-state index contributed by atoms with van der Waals surface area (Å²) in [4.78, 5) is 5.45. The highest BCUT2D eigenvalue weighted by molar-refractivity contribution is 5.15. The molecule has 1 aliphatic heterocycles. The molecule has 0 atom stereocenters. The summed E-state index contributed by atoms with van der Waals surface area (Å²) in [7, 11) is 0. The van der Waals surface area contributed by atoms with Gasteiger partial charge >= 0.3 is 0 Å². The Bertz CT molecular complexity index is 372. The van der Waals surface area contributed by atoms with Gasteiger partial charge in [-0.15, -0.1) is 0 Å². The molecule has 15 heavy (non-hydrogen) atoms. The van der Waals surface area contributed by atoms with Crippen LogP contribution in [0.25, 0.3) is 0 Å². The summed E-state index contributed by atoms with van der Waals surface area (Å²) in [6.45, 7) is 0.954. The van der Waals surface area contributed by atoms with Gasteiger partial charge in [0, 0.05) is 6.20 Å². The summed E-state index contributed by atoms with van der Waals surface area (Å²) in [5.74, 6) is -0.213. The van der Waals surface area contributed by atoms with Gasteiger partial charge in [0.25, 0.3) is 0 Å². The Kier molecular flexibility index (Phi) is 3.15. The first-order chi connectivity index (χ1) is 7.34. The molecule has 1 heterocycles. The molecule has 3 heteroatoms. The van der Waals surface area contributed by atoms with E-state index in [1.807, 2.05) is 30.3 Å². The summed E-state index contributed by atoms with van der Waals surface area (Å²) in [6, 6.07) is 9.87. The molecular weight excluding hydrogens is 193 g/mol. The van der Waals surface area contributed by atoms with Gasteiger partial charge in [-0.2, -0.15) is 0 Å². The maximum Gasteiger partial charge on any atom is 0.122 e. The van der Waals surface area contributed by atoms with Crippen molar-refractivity contribution in [1.82, 2.24) is 5.06 Å². The van der Waals surface area contributed by atoms with Crippen molar-refractivity contribution in [3.63, 3.8) is 0 Å². The molecule has 0 unspecified atom stereocenters. The van der Waals surface area contributed by atoms with Crippen LogP contribution in [-0.4, -0.2) is 11.6 Å². The monoisotopic (exact) mass is 205 g/mol. The molecule has 1 aliphatic rings. The van der Waals surface area contributed by atoms with Crippen LogP contribution < -0.4 is 0 Å². The Morgan fingerprint density at radius 3 is 2.73 bits per heavy atom. The third-order valence-electron chi connectivity index (χ3n) is 2.11. The van der Waals surface area contributed by atoms with E-state index in [2.05, 4.69) is 0 Å². The van der Waals surface area contributed by atoms with Crippen LogP contribution in [0, 0.1) is 0 Å². The van der Waals surface area contributed by atoms with Crippen LogP contribution in [0.15, 0.2) is 54.5 Å².